The molecule has 0 aliphatic carbocycles. The van der Waals surface area contributed by atoms with Gasteiger partial charge in [-0.15, -0.1) is 0 Å². The van der Waals surface area contributed by atoms with E-state index in [0.717, 1.165) is 18.5 Å². The van der Waals surface area contributed by atoms with Crippen LogP contribution in [0.5, 0.6) is 0 Å². The number of rotatable bonds is 11. The van der Waals surface area contributed by atoms with Crippen molar-refractivity contribution in [1.82, 2.24) is 14.9 Å². The van der Waals surface area contributed by atoms with Crippen LogP contribution in [0.3, 0.4) is 0 Å². The van der Waals surface area contributed by atoms with Gasteiger partial charge in [0.05, 0.1) is 17.9 Å². The quantitative estimate of drug-likeness (QED) is 0.241. The molecule has 8 nitrogen and oxygen atoms in total. The van der Waals surface area contributed by atoms with Crippen LogP contribution in [0.25, 0.3) is 5.69 Å². The van der Waals surface area contributed by atoms with Gasteiger partial charge >= 0.3 is 5.97 Å². The largest absolute Gasteiger partial charge is 0.462 e. The number of benzene rings is 2. The zero-order chi connectivity index (χ0) is 24.3. The third-order valence-electron chi connectivity index (χ3n) is 4.84. The molecule has 3 aromatic rings. The highest BCUT2D eigenvalue weighted by Gasteiger charge is 2.12. The molecule has 0 radical (unpaired) electrons. The predicted molar refractivity (Wildman–Crippen MR) is 133 cm³/mol. The molecule has 2 aromatic carbocycles. The van der Waals surface area contributed by atoms with Crippen molar-refractivity contribution in [3.8, 4) is 5.69 Å². The Morgan fingerprint density at radius 1 is 1.00 bits per heavy atom. The number of nitrogens with one attached hydrogen (secondary N) is 2. The molecule has 0 saturated heterocycles. The van der Waals surface area contributed by atoms with Gasteiger partial charge in [0.25, 0.3) is 5.91 Å². The van der Waals surface area contributed by atoms with Crippen molar-refractivity contribution in [2.45, 2.75) is 31.8 Å². The molecule has 178 valence electrons. The number of unbranched alkanes of at least 4 members (excludes halogenated alkanes) is 1. The van der Waals surface area contributed by atoms with E-state index in [1.165, 1.54) is 11.8 Å². The van der Waals surface area contributed by atoms with E-state index in [4.69, 9.17) is 4.74 Å². The lowest BCUT2D eigenvalue weighted by Gasteiger charge is -2.10. The summed E-state index contributed by atoms with van der Waals surface area (Å²) in [6.45, 7) is 4.80. The molecule has 1 heterocycles. The summed E-state index contributed by atoms with van der Waals surface area (Å²) in [5.41, 5.74) is 2.47. The summed E-state index contributed by atoms with van der Waals surface area (Å²) < 4.78 is 6.82. The summed E-state index contributed by atoms with van der Waals surface area (Å²) in [5.74, 6) is -0.517. The molecule has 0 bridgehead atoms. The lowest BCUT2D eigenvalue weighted by atomic mass is 10.2. The van der Waals surface area contributed by atoms with Crippen LogP contribution in [0.4, 0.5) is 5.69 Å². The van der Waals surface area contributed by atoms with E-state index in [0.29, 0.717) is 35.1 Å². The number of hydrogen-bond donors (Lipinski definition) is 2. The van der Waals surface area contributed by atoms with Crippen molar-refractivity contribution in [3.63, 3.8) is 0 Å². The van der Waals surface area contributed by atoms with E-state index in [1.54, 1.807) is 49.5 Å². The van der Waals surface area contributed by atoms with E-state index < -0.39 is 5.97 Å². The maximum absolute atomic E-state index is 12.4. The van der Waals surface area contributed by atoms with Crippen LogP contribution < -0.4 is 10.6 Å². The molecule has 0 aliphatic rings. The van der Waals surface area contributed by atoms with Gasteiger partial charge in [-0.3, -0.25) is 14.2 Å². The average Bonchev–Trinajstić information content (AvgIpc) is 3.32. The minimum Gasteiger partial charge on any atom is -0.462 e. The smallest absolute Gasteiger partial charge is 0.338 e. The summed E-state index contributed by atoms with van der Waals surface area (Å²) in [5, 5.41) is 6.37. The highest BCUT2D eigenvalue weighted by molar-refractivity contribution is 7.99. The molecule has 2 amide bonds. The van der Waals surface area contributed by atoms with Crippen molar-refractivity contribution in [3.05, 3.63) is 72.1 Å². The Labute approximate surface area is 203 Å². The number of carbonyl (C=O) groups excluding carboxylic acids is 3. The fourth-order valence-electron chi connectivity index (χ4n) is 3.08. The number of aromatic nitrogens is 2. The van der Waals surface area contributed by atoms with Gasteiger partial charge < -0.3 is 15.4 Å². The summed E-state index contributed by atoms with van der Waals surface area (Å²) in [6, 6.07) is 13.8. The van der Waals surface area contributed by atoms with Crippen LogP contribution >= 0.6 is 11.8 Å². The standard InChI is InChI=1S/C25H28N4O4S/c1-3-5-14-26-23(31)18-8-12-21(13-9-18)29-16-15-27-25(29)34-17-22(30)28-20-10-6-19(7-11-20)24(32)33-4-2/h6-13,15-16H,3-5,14,17H2,1-2H3,(H,26,31)(H,28,30). The topological polar surface area (TPSA) is 102 Å². The minimum atomic E-state index is -0.395. The summed E-state index contributed by atoms with van der Waals surface area (Å²) in [6.07, 6.45) is 5.45. The van der Waals surface area contributed by atoms with Crippen LogP contribution in [0.15, 0.2) is 66.1 Å². The van der Waals surface area contributed by atoms with E-state index >= 15 is 0 Å². The lowest BCUT2D eigenvalue weighted by molar-refractivity contribution is -0.113. The first-order valence-corrected chi connectivity index (χ1v) is 12.1. The number of thioether (sulfide) groups is 1. The third-order valence-corrected chi connectivity index (χ3v) is 5.81. The second-order valence-electron chi connectivity index (χ2n) is 7.37. The SMILES string of the molecule is CCCCNC(=O)c1ccc(-n2ccnc2SCC(=O)Nc2ccc(C(=O)OCC)cc2)cc1. The maximum atomic E-state index is 12.4. The Kier molecular flexibility index (Phi) is 9.28. The van der Waals surface area contributed by atoms with Gasteiger partial charge in [-0.05, 0) is 61.9 Å². The van der Waals surface area contributed by atoms with Crippen molar-refractivity contribution in [1.29, 1.82) is 0 Å². The van der Waals surface area contributed by atoms with Crippen molar-refractivity contribution >= 4 is 35.2 Å². The Morgan fingerprint density at radius 3 is 2.38 bits per heavy atom. The van der Waals surface area contributed by atoms with Gasteiger partial charge in [0.15, 0.2) is 5.16 Å². The molecular weight excluding hydrogens is 452 g/mol. The second-order valence-corrected chi connectivity index (χ2v) is 8.31. The number of esters is 1. The molecule has 2 N–H and O–H groups in total. The van der Waals surface area contributed by atoms with E-state index in [-0.39, 0.29) is 17.6 Å². The fraction of sp³-hybridized carbons (Fsp3) is 0.280. The van der Waals surface area contributed by atoms with Gasteiger partial charge in [0.2, 0.25) is 5.91 Å². The molecule has 1 aromatic heterocycles. The molecule has 0 atom stereocenters. The molecular formula is C25H28N4O4S. The van der Waals surface area contributed by atoms with Crippen molar-refractivity contribution in [2.75, 3.05) is 24.2 Å². The molecule has 3 rings (SSSR count). The average molecular weight is 481 g/mol. The summed E-state index contributed by atoms with van der Waals surface area (Å²) in [4.78, 5) is 40.7. The number of amides is 2. The van der Waals surface area contributed by atoms with Crippen molar-refractivity contribution in [2.24, 2.45) is 0 Å². The number of hydrogen-bond acceptors (Lipinski definition) is 6. The normalized spacial score (nSPS) is 10.5. The maximum Gasteiger partial charge on any atom is 0.338 e. The van der Waals surface area contributed by atoms with E-state index in [1.807, 2.05) is 22.9 Å². The number of imidazole rings is 1. The van der Waals surface area contributed by atoms with Crippen molar-refractivity contribution < 1.29 is 19.1 Å². The summed E-state index contributed by atoms with van der Waals surface area (Å²) in [7, 11) is 0. The molecule has 0 spiro atoms. The Morgan fingerprint density at radius 2 is 1.71 bits per heavy atom. The third kappa shape index (κ3) is 6.95. The fourth-order valence-corrected chi connectivity index (χ4v) is 3.85. The second kappa shape index (κ2) is 12.6. The zero-order valence-electron chi connectivity index (χ0n) is 19.2. The molecule has 0 saturated carbocycles. The molecule has 9 heteroatoms. The first-order valence-electron chi connectivity index (χ1n) is 11.1. The lowest BCUT2D eigenvalue weighted by Crippen LogP contribution is -2.24. The first kappa shape index (κ1) is 25.0. The first-order chi connectivity index (χ1) is 16.5. The van der Waals surface area contributed by atoms with Crippen LogP contribution in [0, 0.1) is 0 Å². The number of carbonyl (C=O) groups is 3. The van der Waals surface area contributed by atoms with Gasteiger partial charge in [-0.25, -0.2) is 9.78 Å². The van der Waals surface area contributed by atoms with E-state index in [9.17, 15) is 14.4 Å². The van der Waals surface area contributed by atoms with Crippen LogP contribution in [-0.2, 0) is 9.53 Å². The van der Waals surface area contributed by atoms with Gasteiger partial charge in [0, 0.05) is 35.9 Å². The van der Waals surface area contributed by atoms with Crippen LogP contribution in [0.2, 0.25) is 0 Å². The summed E-state index contributed by atoms with van der Waals surface area (Å²) >= 11 is 1.30. The number of ether oxygens (including phenoxy) is 1. The number of anilines is 1. The van der Waals surface area contributed by atoms with Gasteiger partial charge in [0.1, 0.15) is 0 Å². The minimum absolute atomic E-state index is 0.0906. The van der Waals surface area contributed by atoms with Crippen LogP contribution in [-0.4, -0.2) is 46.2 Å². The molecule has 0 aliphatic heterocycles. The van der Waals surface area contributed by atoms with Gasteiger partial charge in [-0.2, -0.15) is 0 Å². The monoisotopic (exact) mass is 480 g/mol. The molecule has 0 unspecified atom stereocenters. The zero-order valence-corrected chi connectivity index (χ0v) is 20.1. The predicted octanol–water partition coefficient (Wildman–Crippen LogP) is 4.31. The molecule has 34 heavy (non-hydrogen) atoms. The highest BCUT2D eigenvalue weighted by atomic mass is 32.2. The molecule has 0 fully saturated rings. The Hall–Kier alpha value is -3.59. The van der Waals surface area contributed by atoms with Crippen LogP contribution in [0.1, 0.15) is 47.4 Å². The Bertz CT molecular complexity index is 1110. The van der Waals surface area contributed by atoms with E-state index in [2.05, 4.69) is 22.5 Å². The number of nitrogens with zero attached hydrogens (tertiary/aromatic N) is 2. The Balaban J connectivity index is 1.55. The van der Waals surface area contributed by atoms with Gasteiger partial charge in [-0.1, -0.05) is 25.1 Å². The highest BCUT2D eigenvalue weighted by Crippen LogP contribution is 2.21.